The van der Waals surface area contributed by atoms with Crippen molar-refractivity contribution in [1.82, 2.24) is 14.9 Å². The Balaban J connectivity index is 1.22. The molecule has 0 fully saturated rings. The first-order valence-electron chi connectivity index (χ1n) is 10.6. The van der Waals surface area contributed by atoms with Gasteiger partial charge in [-0.25, -0.2) is 9.97 Å². The van der Waals surface area contributed by atoms with Crippen LogP contribution in [0.4, 0.5) is 11.6 Å². The summed E-state index contributed by atoms with van der Waals surface area (Å²) in [6.45, 7) is 7.06. The molecule has 0 amide bonds. The Morgan fingerprint density at radius 3 is 2.77 bits per heavy atom. The minimum absolute atomic E-state index is 0.189. The molecular formula is C24H26N4O3. The van der Waals surface area contributed by atoms with Gasteiger partial charge in [-0.1, -0.05) is 12.1 Å². The fourth-order valence-corrected chi connectivity index (χ4v) is 3.88. The molecule has 0 aliphatic carbocycles. The van der Waals surface area contributed by atoms with Gasteiger partial charge in [-0.05, 0) is 43.7 Å². The topological polar surface area (TPSA) is 68.7 Å². The summed E-state index contributed by atoms with van der Waals surface area (Å²) in [5.74, 6) is 3.02. The van der Waals surface area contributed by atoms with Gasteiger partial charge in [0, 0.05) is 49.6 Å². The third kappa shape index (κ3) is 4.56. The molecule has 7 nitrogen and oxygen atoms in total. The summed E-state index contributed by atoms with van der Waals surface area (Å²) in [5, 5.41) is 3.27. The summed E-state index contributed by atoms with van der Waals surface area (Å²) in [6, 6.07) is 14.1. The zero-order valence-electron chi connectivity index (χ0n) is 17.8. The van der Waals surface area contributed by atoms with Crippen molar-refractivity contribution >= 4 is 11.6 Å². The number of anilines is 2. The highest BCUT2D eigenvalue weighted by molar-refractivity contribution is 5.60. The van der Waals surface area contributed by atoms with E-state index in [0.29, 0.717) is 5.95 Å². The molecule has 0 saturated carbocycles. The van der Waals surface area contributed by atoms with Gasteiger partial charge in [0.2, 0.25) is 12.7 Å². The fourth-order valence-electron chi connectivity index (χ4n) is 3.88. The molecule has 0 atom stereocenters. The van der Waals surface area contributed by atoms with Crippen molar-refractivity contribution < 1.29 is 14.2 Å². The highest BCUT2D eigenvalue weighted by Crippen LogP contribution is 2.35. The lowest BCUT2D eigenvalue weighted by Crippen LogP contribution is -2.31. The van der Waals surface area contributed by atoms with Gasteiger partial charge in [0.25, 0.3) is 0 Å². The summed E-state index contributed by atoms with van der Waals surface area (Å²) < 4.78 is 16.5. The van der Waals surface area contributed by atoms with Crippen LogP contribution in [-0.2, 0) is 19.5 Å². The van der Waals surface area contributed by atoms with E-state index in [1.54, 1.807) is 0 Å². The van der Waals surface area contributed by atoms with Gasteiger partial charge in [0.15, 0.2) is 11.5 Å². The largest absolute Gasteiger partial charge is 0.491 e. The van der Waals surface area contributed by atoms with Gasteiger partial charge in [-0.2, -0.15) is 0 Å². The Labute approximate surface area is 182 Å². The molecule has 0 unspecified atom stereocenters. The monoisotopic (exact) mass is 418 g/mol. The van der Waals surface area contributed by atoms with Crippen molar-refractivity contribution in [2.24, 2.45) is 0 Å². The van der Waals surface area contributed by atoms with E-state index in [9.17, 15) is 0 Å². The van der Waals surface area contributed by atoms with E-state index in [2.05, 4.69) is 27.3 Å². The highest BCUT2D eigenvalue weighted by Gasteiger charge is 2.19. The Hall–Kier alpha value is -3.32. The van der Waals surface area contributed by atoms with E-state index < -0.39 is 0 Å². The van der Waals surface area contributed by atoms with Crippen LogP contribution in [0.15, 0.2) is 48.7 Å². The van der Waals surface area contributed by atoms with E-state index >= 15 is 0 Å². The summed E-state index contributed by atoms with van der Waals surface area (Å²) in [7, 11) is 0. The lowest BCUT2D eigenvalue weighted by molar-refractivity contribution is 0.174. The lowest BCUT2D eigenvalue weighted by Gasteiger charge is -2.28. The zero-order valence-corrected chi connectivity index (χ0v) is 17.8. The van der Waals surface area contributed by atoms with Crippen molar-refractivity contribution in [2.75, 3.05) is 18.7 Å². The predicted octanol–water partition coefficient (Wildman–Crippen LogP) is 4.29. The molecule has 2 aliphatic heterocycles. The molecule has 3 aromatic rings. The summed E-state index contributed by atoms with van der Waals surface area (Å²) in [4.78, 5) is 11.7. The number of ether oxygens (including phenoxy) is 3. The number of nitrogens with zero attached hydrogens (tertiary/aromatic N) is 3. The average Bonchev–Trinajstić information content (AvgIpc) is 3.23. The second-order valence-corrected chi connectivity index (χ2v) is 8.13. The standard InChI is InChI=1S/C24H26N4O3/c1-16(2)31-20-6-3-17(4-7-20)13-28-10-9-21-18(14-28)12-25-24(27-21)26-19-5-8-22-23(11-19)30-15-29-22/h3-8,11-12,16H,9-10,13-15H2,1-2H3,(H,25,26,27). The molecule has 2 aromatic carbocycles. The first-order chi connectivity index (χ1) is 15.1. The number of hydrogen-bond donors (Lipinski definition) is 1. The molecule has 7 heteroatoms. The molecule has 0 saturated heterocycles. The number of nitrogens with one attached hydrogen (secondary N) is 1. The number of hydrogen-bond acceptors (Lipinski definition) is 7. The minimum atomic E-state index is 0.189. The fraction of sp³-hybridized carbons (Fsp3) is 0.333. The van der Waals surface area contributed by atoms with Crippen molar-refractivity contribution in [3.8, 4) is 17.2 Å². The first kappa shape index (κ1) is 19.6. The second kappa shape index (κ2) is 8.43. The second-order valence-electron chi connectivity index (χ2n) is 8.13. The molecule has 3 heterocycles. The minimum Gasteiger partial charge on any atom is -0.491 e. The molecule has 1 N–H and O–H groups in total. The normalized spacial score (nSPS) is 15.1. The van der Waals surface area contributed by atoms with E-state index in [1.165, 1.54) is 11.1 Å². The maximum atomic E-state index is 5.73. The van der Waals surface area contributed by atoms with Gasteiger partial charge in [-0.15, -0.1) is 0 Å². The van der Waals surface area contributed by atoms with Crippen LogP contribution in [0.3, 0.4) is 0 Å². The van der Waals surface area contributed by atoms with Gasteiger partial charge < -0.3 is 19.5 Å². The molecule has 0 bridgehead atoms. The average molecular weight is 418 g/mol. The Morgan fingerprint density at radius 2 is 1.94 bits per heavy atom. The van der Waals surface area contributed by atoms with Crippen molar-refractivity contribution in [1.29, 1.82) is 0 Å². The van der Waals surface area contributed by atoms with Crippen LogP contribution in [0.25, 0.3) is 0 Å². The van der Waals surface area contributed by atoms with Crippen LogP contribution >= 0.6 is 0 Å². The number of aromatic nitrogens is 2. The molecule has 0 spiro atoms. The maximum absolute atomic E-state index is 5.73. The van der Waals surface area contributed by atoms with E-state index in [0.717, 1.165) is 54.7 Å². The molecule has 5 rings (SSSR count). The maximum Gasteiger partial charge on any atom is 0.231 e. The van der Waals surface area contributed by atoms with Crippen molar-refractivity contribution in [3.63, 3.8) is 0 Å². The predicted molar refractivity (Wildman–Crippen MR) is 118 cm³/mol. The Kier molecular flexibility index (Phi) is 5.34. The van der Waals surface area contributed by atoms with Gasteiger partial charge in [0.1, 0.15) is 5.75 Å². The van der Waals surface area contributed by atoms with Crippen LogP contribution < -0.4 is 19.5 Å². The summed E-state index contributed by atoms with van der Waals surface area (Å²) >= 11 is 0. The zero-order chi connectivity index (χ0) is 21.2. The quantitative estimate of drug-likeness (QED) is 0.640. The number of fused-ring (bicyclic) bond motifs is 2. The highest BCUT2D eigenvalue weighted by atomic mass is 16.7. The molecule has 2 aliphatic rings. The van der Waals surface area contributed by atoms with Crippen LogP contribution in [0.5, 0.6) is 17.2 Å². The SMILES string of the molecule is CC(C)Oc1ccc(CN2CCc3nc(Nc4ccc5c(c4)OCO5)ncc3C2)cc1. The molecule has 160 valence electrons. The molecule has 31 heavy (non-hydrogen) atoms. The molecule has 1 aromatic heterocycles. The third-order valence-corrected chi connectivity index (χ3v) is 5.34. The van der Waals surface area contributed by atoms with Crippen molar-refractivity contribution in [3.05, 3.63) is 65.5 Å². The van der Waals surface area contributed by atoms with Crippen LogP contribution in [-0.4, -0.2) is 34.3 Å². The van der Waals surface area contributed by atoms with Crippen LogP contribution in [0, 0.1) is 0 Å². The number of benzene rings is 2. The molecular weight excluding hydrogens is 392 g/mol. The lowest BCUT2D eigenvalue weighted by atomic mass is 10.1. The van der Waals surface area contributed by atoms with Crippen LogP contribution in [0.2, 0.25) is 0 Å². The van der Waals surface area contributed by atoms with E-state index in [-0.39, 0.29) is 12.9 Å². The molecule has 0 radical (unpaired) electrons. The van der Waals surface area contributed by atoms with Crippen molar-refractivity contribution in [2.45, 2.75) is 39.5 Å². The van der Waals surface area contributed by atoms with Gasteiger partial charge >= 0.3 is 0 Å². The van der Waals surface area contributed by atoms with Crippen LogP contribution in [0.1, 0.15) is 30.7 Å². The number of rotatable bonds is 6. The smallest absolute Gasteiger partial charge is 0.231 e. The Morgan fingerprint density at radius 1 is 1.10 bits per heavy atom. The van der Waals surface area contributed by atoms with Gasteiger partial charge in [0.05, 0.1) is 11.8 Å². The Bertz CT molecular complexity index is 1070. The summed E-state index contributed by atoms with van der Waals surface area (Å²) in [6.07, 6.45) is 3.03. The van der Waals surface area contributed by atoms with E-state index in [1.807, 2.05) is 50.4 Å². The third-order valence-electron chi connectivity index (χ3n) is 5.34. The summed E-state index contributed by atoms with van der Waals surface area (Å²) in [5.41, 5.74) is 4.45. The van der Waals surface area contributed by atoms with Gasteiger partial charge in [-0.3, -0.25) is 4.90 Å². The van der Waals surface area contributed by atoms with E-state index in [4.69, 9.17) is 19.2 Å². The first-order valence-corrected chi connectivity index (χ1v) is 10.6.